The average Bonchev–Trinajstić information content (AvgIpc) is 2.43. The van der Waals surface area contributed by atoms with Crippen LogP contribution in [-0.4, -0.2) is 11.5 Å². The van der Waals surface area contributed by atoms with E-state index in [1.54, 1.807) is 6.07 Å². The highest BCUT2D eigenvalue weighted by Crippen LogP contribution is 2.32. The molecule has 1 aliphatic rings. The molecule has 1 aromatic carbocycles. The maximum absolute atomic E-state index is 10.7. The number of nitrogens with zero attached hydrogens (tertiary/aromatic N) is 1. The summed E-state index contributed by atoms with van der Waals surface area (Å²) in [4.78, 5) is 10.4. The Kier molecular flexibility index (Phi) is 3.02. The third-order valence-electron chi connectivity index (χ3n) is 2.62. The highest BCUT2D eigenvalue weighted by molar-refractivity contribution is 9.10. The van der Waals surface area contributed by atoms with E-state index in [9.17, 15) is 10.1 Å². The molecule has 0 atom stereocenters. The van der Waals surface area contributed by atoms with Crippen molar-refractivity contribution in [2.75, 3.05) is 6.54 Å². The fourth-order valence-electron chi connectivity index (χ4n) is 1.83. The van der Waals surface area contributed by atoms with Crippen LogP contribution in [0.4, 0.5) is 5.69 Å². The van der Waals surface area contributed by atoms with E-state index in [0.29, 0.717) is 11.0 Å². The van der Waals surface area contributed by atoms with Crippen molar-refractivity contribution in [1.82, 2.24) is 5.32 Å². The van der Waals surface area contributed by atoms with Gasteiger partial charge in [0.1, 0.15) is 0 Å². The van der Waals surface area contributed by atoms with E-state index in [-0.39, 0.29) is 10.6 Å². The van der Waals surface area contributed by atoms with Crippen molar-refractivity contribution in [3.63, 3.8) is 0 Å². The van der Waals surface area contributed by atoms with Crippen LogP contribution in [0.15, 0.2) is 16.6 Å². The highest BCUT2D eigenvalue weighted by atomic mass is 79.9. The highest BCUT2D eigenvalue weighted by Gasteiger charge is 2.19. The molecule has 2 rings (SSSR count). The number of nitrogens with one attached hydrogen (secondary N) is 1. The molecular weight excluding hydrogens is 260 g/mol. The summed E-state index contributed by atoms with van der Waals surface area (Å²) < 4.78 is 0.624. The quantitative estimate of drug-likeness (QED) is 0.630. The molecule has 1 N–H and O–H groups in total. The zero-order chi connectivity index (χ0) is 10.8. The maximum Gasteiger partial charge on any atom is 0.283 e. The largest absolute Gasteiger partial charge is 0.313 e. The van der Waals surface area contributed by atoms with Crippen LogP contribution in [0.3, 0.4) is 0 Å². The predicted molar refractivity (Wildman–Crippen MR) is 60.8 cm³/mol. The van der Waals surface area contributed by atoms with Gasteiger partial charge in [-0.25, -0.2) is 0 Å². The Hall–Kier alpha value is -0.940. The molecule has 0 aromatic heterocycles. The van der Waals surface area contributed by atoms with Crippen LogP contribution in [0, 0.1) is 10.1 Å². The molecule has 0 aliphatic carbocycles. The molecule has 1 heterocycles. The number of halogens is 1. The Morgan fingerprint density at radius 3 is 3.00 bits per heavy atom. The molecule has 0 saturated carbocycles. The topological polar surface area (TPSA) is 55.2 Å². The van der Waals surface area contributed by atoms with Gasteiger partial charge in [0.2, 0.25) is 0 Å². The van der Waals surface area contributed by atoms with E-state index in [2.05, 4.69) is 21.2 Å². The molecule has 0 bridgehead atoms. The van der Waals surface area contributed by atoms with Crippen LogP contribution < -0.4 is 5.32 Å². The van der Waals surface area contributed by atoms with Crippen LogP contribution in [0.1, 0.15) is 17.5 Å². The van der Waals surface area contributed by atoms with Gasteiger partial charge in [-0.3, -0.25) is 10.1 Å². The van der Waals surface area contributed by atoms with E-state index in [0.717, 1.165) is 24.9 Å². The SMILES string of the molecule is O=[N+]([O-])c1ccc2c(c1Br)CNCCC2. The fraction of sp³-hybridized carbons (Fsp3) is 0.400. The van der Waals surface area contributed by atoms with E-state index in [1.807, 2.05) is 6.07 Å². The third-order valence-corrected chi connectivity index (χ3v) is 3.50. The summed E-state index contributed by atoms with van der Waals surface area (Å²) in [5.41, 5.74) is 2.39. The third kappa shape index (κ3) is 2.03. The van der Waals surface area contributed by atoms with E-state index in [1.165, 1.54) is 5.56 Å². The zero-order valence-electron chi connectivity index (χ0n) is 8.12. The summed E-state index contributed by atoms with van der Waals surface area (Å²) in [6.45, 7) is 1.67. The summed E-state index contributed by atoms with van der Waals surface area (Å²) in [5, 5.41) is 14.0. The second-order valence-corrected chi connectivity index (χ2v) is 4.37. The van der Waals surface area contributed by atoms with Crippen molar-refractivity contribution in [1.29, 1.82) is 0 Å². The van der Waals surface area contributed by atoms with Gasteiger partial charge in [-0.1, -0.05) is 6.07 Å². The standard InChI is InChI=1S/C10H11BrN2O2/c11-10-8-6-12-5-1-2-7(8)3-4-9(10)13(14)15/h3-4,12H,1-2,5-6H2. The molecule has 0 saturated heterocycles. The lowest BCUT2D eigenvalue weighted by Crippen LogP contribution is -2.12. The van der Waals surface area contributed by atoms with Gasteiger partial charge in [0, 0.05) is 12.6 Å². The first kappa shape index (κ1) is 10.6. The zero-order valence-corrected chi connectivity index (χ0v) is 9.71. The Labute approximate surface area is 96.0 Å². The van der Waals surface area contributed by atoms with Crippen molar-refractivity contribution in [2.45, 2.75) is 19.4 Å². The first-order chi connectivity index (χ1) is 7.20. The number of benzene rings is 1. The molecule has 5 heteroatoms. The summed E-state index contributed by atoms with van der Waals surface area (Å²) in [6.07, 6.45) is 2.07. The molecule has 0 amide bonds. The average molecular weight is 271 g/mol. The van der Waals surface area contributed by atoms with Gasteiger partial charge in [-0.15, -0.1) is 0 Å². The lowest BCUT2D eigenvalue weighted by molar-refractivity contribution is -0.385. The van der Waals surface area contributed by atoms with Gasteiger partial charge in [0.25, 0.3) is 5.69 Å². The van der Waals surface area contributed by atoms with Crippen molar-refractivity contribution in [3.8, 4) is 0 Å². The van der Waals surface area contributed by atoms with Crippen molar-refractivity contribution >= 4 is 21.6 Å². The molecule has 1 aromatic rings. The molecule has 0 radical (unpaired) electrons. The molecule has 0 fully saturated rings. The number of aryl methyl sites for hydroxylation is 1. The number of hydrogen-bond acceptors (Lipinski definition) is 3. The number of rotatable bonds is 1. The second-order valence-electron chi connectivity index (χ2n) is 3.57. The van der Waals surface area contributed by atoms with Crippen LogP contribution in [0.5, 0.6) is 0 Å². The van der Waals surface area contributed by atoms with Crippen molar-refractivity contribution in [3.05, 3.63) is 37.8 Å². The number of nitro groups is 1. The molecule has 15 heavy (non-hydrogen) atoms. The van der Waals surface area contributed by atoms with Gasteiger partial charge in [0.15, 0.2) is 0 Å². The number of fused-ring (bicyclic) bond motifs is 1. The minimum absolute atomic E-state index is 0.150. The van der Waals surface area contributed by atoms with Gasteiger partial charge in [-0.2, -0.15) is 0 Å². The minimum atomic E-state index is -0.352. The Morgan fingerprint density at radius 2 is 2.27 bits per heavy atom. The Bertz CT molecular complexity index is 407. The normalized spacial score (nSPS) is 15.5. The lowest BCUT2D eigenvalue weighted by atomic mass is 10.0. The van der Waals surface area contributed by atoms with Gasteiger partial charge in [0.05, 0.1) is 9.40 Å². The first-order valence-corrected chi connectivity index (χ1v) is 5.65. The summed E-state index contributed by atoms with van der Waals surface area (Å²) in [7, 11) is 0. The first-order valence-electron chi connectivity index (χ1n) is 4.85. The van der Waals surface area contributed by atoms with Crippen LogP contribution in [-0.2, 0) is 13.0 Å². The smallest absolute Gasteiger partial charge is 0.283 e. The predicted octanol–water partition coefficient (Wildman–Crippen LogP) is 2.39. The Morgan fingerprint density at radius 1 is 1.47 bits per heavy atom. The lowest BCUT2D eigenvalue weighted by Gasteiger charge is -2.07. The molecule has 0 unspecified atom stereocenters. The van der Waals surface area contributed by atoms with Gasteiger partial charge >= 0.3 is 0 Å². The Balaban J connectivity index is 2.50. The van der Waals surface area contributed by atoms with E-state index < -0.39 is 0 Å². The summed E-state index contributed by atoms with van der Waals surface area (Å²) in [6, 6.07) is 3.44. The van der Waals surface area contributed by atoms with E-state index >= 15 is 0 Å². The molecule has 4 nitrogen and oxygen atoms in total. The summed E-state index contributed by atoms with van der Waals surface area (Å²) >= 11 is 3.32. The number of hydrogen-bond donors (Lipinski definition) is 1. The maximum atomic E-state index is 10.7. The molecular formula is C10H11BrN2O2. The number of nitro benzene ring substituents is 1. The molecule has 0 spiro atoms. The minimum Gasteiger partial charge on any atom is -0.313 e. The van der Waals surface area contributed by atoms with Gasteiger partial charge < -0.3 is 5.32 Å². The van der Waals surface area contributed by atoms with Crippen LogP contribution in [0.25, 0.3) is 0 Å². The van der Waals surface area contributed by atoms with E-state index in [4.69, 9.17) is 0 Å². The molecule has 80 valence electrons. The fourth-order valence-corrected chi connectivity index (χ4v) is 2.50. The van der Waals surface area contributed by atoms with Crippen LogP contribution >= 0.6 is 15.9 Å². The van der Waals surface area contributed by atoms with Crippen molar-refractivity contribution in [2.24, 2.45) is 0 Å². The van der Waals surface area contributed by atoms with Crippen LogP contribution in [0.2, 0.25) is 0 Å². The summed E-state index contributed by atoms with van der Waals surface area (Å²) in [5.74, 6) is 0. The monoisotopic (exact) mass is 270 g/mol. The van der Waals surface area contributed by atoms with Crippen molar-refractivity contribution < 1.29 is 4.92 Å². The van der Waals surface area contributed by atoms with Gasteiger partial charge in [-0.05, 0) is 46.4 Å². The second kappa shape index (κ2) is 4.28. The molecule has 1 aliphatic heterocycles.